The lowest BCUT2D eigenvalue weighted by Crippen LogP contribution is -2.51. The van der Waals surface area contributed by atoms with Gasteiger partial charge in [0.2, 0.25) is 0 Å². The van der Waals surface area contributed by atoms with Crippen LogP contribution in [-0.2, 0) is 27.1 Å². The van der Waals surface area contributed by atoms with Crippen molar-refractivity contribution < 1.29 is 13.9 Å². The van der Waals surface area contributed by atoms with E-state index in [0.29, 0.717) is 13.2 Å². The maximum atomic E-state index is 6.91. The van der Waals surface area contributed by atoms with Crippen LogP contribution in [0.15, 0.2) is 85.0 Å². The normalized spacial score (nSPS) is 21.8. The van der Waals surface area contributed by atoms with Crippen molar-refractivity contribution in [2.24, 2.45) is 0 Å². The van der Waals surface area contributed by atoms with Gasteiger partial charge in [-0.1, -0.05) is 106 Å². The molecule has 31 heavy (non-hydrogen) atoms. The first-order chi connectivity index (χ1) is 14.8. The van der Waals surface area contributed by atoms with Crippen molar-refractivity contribution in [2.75, 3.05) is 0 Å². The SMILES string of the molecule is CC(C)(C)[Si](C)(C)OC1[C@@H](OCc2ccccc2)C=CC=C[C@H]1OCc1ccccc1. The lowest BCUT2D eigenvalue weighted by molar-refractivity contribution is -0.0802. The van der Waals surface area contributed by atoms with Gasteiger partial charge < -0.3 is 13.9 Å². The molecule has 0 N–H and O–H groups in total. The van der Waals surface area contributed by atoms with Crippen molar-refractivity contribution in [1.82, 2.24) is 0 Å². The van der Waals surface area contributed by atoms with E-state index in [0.717, 1.165) is 11.1 Å². The van der Waals surface area contributed by atoms with Gasteiger partial charge in [0.25, 0.3) is 0 Å². The maximum absolute atomic E-state index is 6.91. The van der Waals surface area contributed by atoms with E-state index in [1.54, 1.807) is 0 Å². The summed E-state index contributed by atoms with van der Waals surface area (Å²) in [6.07, 6.45) is 7.71. The zero-order valence-electron chi connectivity index (χ0n) is 19.5. The molecule has 2 aromatic rings. The van der Waals surface area contributed by atoms with Crippen molar-refractivity contribution in [2.45, 2.75) is 70.4 Å². The molecule has 166 valence electrons. The molecule has 1 aliphatic carbocycles. The average molecular weight is 437 g/mol. The average Bonchev–Trinajstić information content (AvgIpc) is 2.93. The molecule has 2 aromatic carbocycles. The Labute approximate surface area is 188 Å². The van der Waals surface area contributed by atoms with Crippen molar-refractivity contribution in [3.63, 3.8) is 0 Å². The summed E-state index contributed by atoms with van der Waals surface area (Å²) in [4.78, 5) is 0. The van der Waals surface area contributed by atoms with Gasteiger partial charge in [-0.2, -0.15) is 0 Å². The summed E-state index contributed by atoms with van der Waals surface area (Å²) in [7, 11) is -2.04. The highest BCUT2D eigenvalue weighted by molar-refractivity contribution is 6.74. The van der Waals surface area contributed by atoms with Crippen molar-refractivity contribution in [3.05, 3.63) is 96.1 Å². The highest BCUT2D eigenvalue weighted by atomic mass is 28.4. The van der Waals surface area contributed by atoms with Crippen molar-refractivity contribution >= 4 is 8.32 Å². The standard InChI is InChI=1S/C27H36O3Si/c1-27(2,3)31(4,5)30-26-24(28-20-22-14-8-6-9-15-22)18-12-13-19-25(26)29-21-23-16-10-7-11-17-23/h6-19,24-26H,20-21H2,1-5H3/t24-,25+,26?. The zero-order valence-corrected chi connectivity index (χ0v) is 20.5. The van der Waals surface area contributed by atoms with E-state index < -0.39 is 8.32 Å². The van der Waals surface area contributed by atoms with Crippen LogP contribution in [0.3, 0.4) is 0 Å². The van der Waals surface area contributed by atoms with Crippen LogP contribution in [0.4, 0.5) is 0 Å². The second-order valence-electron chi connectivity index (χ2n) is 9.64. The van der Waals surface area contributed by atoms with E-state index in [9.17, 15) is 0 Å². The molecule has 0 aromatic heterocycles. The first-order valence-corrected chi connectivity index (χ1v) is 14.0. The van der Waals surface area contributed by atoms with Gasteiger partial charge in [-0.25, -0.2) is 0 Å². The van der Waals surface area contributed by atoms with E-state index in [-0.39, 0.29) is 23.4 Å². The van der Waals surface area contributed by atoms with Crippen LogP contribution in [0.25, 0.3) is 0 Å². The Morgan fingerprint density at radius 2 is 1.13 bits per heavy atom. The molecular formula is C27H36O3Si. The molecular weight excluding hydrogens is 400 g/mol. The Balaban J connectivity index is 1.80. The smallest absolute Gasteiger partial charge is 0.192 e. The third-order valence-electron chi connectivity index (χ3n) is 6.17. The largest absolute Gasteiger partial charge is 0.408 e. The van der Waals surface area contributed by atoms with Crippen LogP contribution >= 0.6 is 0 Å². The van der Waals surface area contributed by atoms with Crippen molar-refractivity contribution in [1.29, 1.82) is 0 Å². The molecule has 3 rings (SSSR count). The molecule has 3 nitrogen and oxygen atoms in total. The summed E-state index contributed by atoms with van der Waals surface area (Å²) in [6.45, 7) is 12.4. The Morgan fingerprint density at radius 1 is 0.710 bits per heavy atom. The summed E-state index contributed by atoms with van der Waals surface area (Å²) in [5.41, 5.74) is 2.31. The van der Waals surface area contributed by atoms with Gasteiger partial charge >= 0.3 is 0 Å². The number of hydrogen-bond acceptors (Lipinski definition) is 3. The monoisotopic (exact) mass is 436 g/mol. The fourth-order valence-electron chi connectivity index (χ4n) is 3.24. The topological polar surface area (TPSA) is 27.7 Å². The highest BCUT2D eigenvalue weighted by Crippen LogP contribution is 2.39. The minimum absolute atomic E-state index is 0.0979. The minimum atomic E-state index is -2.04. The van der Waals surface area contributed by atoms with Crippen LogP contribution in [0.1, 0.15) is 31.9 Å². The van der Waals surface area contributed by atoms with E-state index in [4.69, 9.17) is 13.9 Å². The Bertz CT molecular complexity index is 794. The second-order valence-corrected chi connectivity index (χ2v) is 14.4. The van der Waals surface area contributed by atoms with Gasteiger partial charge in [-0.3, -0.25) is 0 Å². The summed E-state index contributed by atoms with van der Waals surface area (Å²) in [6, 6.07) is 20.6. The van der Waals surface area contributed by atoms with E-state index >= 15 is 0 Å². The van der Waals surface area contributed by atoms with Crippen LogP contribution in [-0.4, -0.2) is 26.6 Å². The molecule has 0 amide bonds. The lowest BCUT2D eigenvalue weighted by Gasteiger charge is -2.42. The summed E-state index contributed by atoms with van der Waals surface area (Å²) < 4.78 is 19.7. The van der Waals surface area contributed by atoms with Gasteiger partial charge in [0.1, 0.15) is 18.3 Å². The Hall–Kier alpha value is -1.98. The summed E-state index contributed by atoms with van der Waals surface area (Å²) >= 11 is 0. The quantitative estimate of drug-likeness (QED) is 0.432. The summed E-state index contributed by atoms with van der Waals surface area (Å²) in [5.74, 6) is 0. The molecule has 4 heteroatoms. The molecule has 0 heterocycles. The molecule has 0 fully saturated rings. The molecule has 0 spiro atoms. The predicted octanol–water partition coefficient (Wildman–Crippen LogP) is 6.67. The maximum Gasteiger partial charge on any atom is 0.192 e. The van der Waals surface area contributed by atoms with E-state index in [1.165, 1.54) is 0 Å². The van der Waals surface area contributed by atoms with Crippen LogP contribution < -0.4 is 0 Å². The van der Waals surface area contributed by atoms with Crippen LogP contribution in [0.5, 0.6) is 0 Å². The van der Waals surface area contributed by atoms with Crippen LogP contribution in [0.2, 0.25) is 18.1 Å². The third-order valence-corrected chi connectivity index (χ3v) is 10.6. The number of rotatable bonds is 8. The summed E-state index contributed by atoms with van der Waals surface area (Å²) in [5, 5.41) is 0.0979. The number of benzene rings is 2. The number of hydrogen-bond donors (Lipinski definition) is 0. The molecule has 1 unspecified atom stereocenters. The fraction of sp³-hybridized carbons (Fsp3) is 0.407. The molecule has 0 aliphatic heterocycles. The van der Waals surface area contributed by atoms with Gasteiger partial charge in [-0.15, -0.1) is 0 Å². The third kappa shape index (κ3) is 6.75. The van der Waals surface area contributed by atoms with E-state index in [2.05, 4.69) is 70.3 Å². The van der Waals surface area contributed by atoms with Gasteiger partial charge in [0.05, 0.1) is 13.2 Å². The molecule has 1 aliphatic rings. The van der Waals surface area contributed by atoms with E-state index in [1.807, 2.05) is 48.6 Å². The van der Waals surface area contributed by atoms with Gasteiger partial charge in [0.15, 0.2) is 8.32 Å². The first kappa shape index (κ1) is 23.7. The van der Waals surface area contributed by atoms with Crippen molar-refractivity contribution in [3.8, 4) is 0 Å². The first-order valence-electron chi connectivity index (χ1n) is 11.1. The zero-order chi connectivity index (χ0) is 22.3. The highest BCUT2D eigenvalue weighted by Gasteiger charge is 2.43. The van der Waals surface area contributed by atoms with Gasteiger partial charge in [-0.05, 0) is 29.3 Å². The van der Waals surface area contributed by atoms with Gasteiger partial charge in [0, 0.05) is 0 Å². The Kier molecular flexibility index (Phi) is 8.06. The second kappa shape index (κ2) is 10.6. The molecule has 0 saturated heterocycles. The predicted molar refractivity (Wildman–Crippen MR) is 130 cm³/mol. The Morgan fingerprint density at radius 3 is 1.52 bits per heavy atom. The molecule has 0 radical (unpaired) electrons. The lowest BCUT2D eigenvalue weighted by atomic mass is 10.1. The minimum Gasteiger partial charge on any atom is -0.408 e. The van der Waals surface area contributed by atoms with Crippen LogP contribution in [0, 0.1) is 0 Å². The molecule has 3 atom stereocenters. The number of allylic oxidation sites excluding steroid dienone is 2. The molecule has 0 saturated carbocycles. The fourth-order valence-corrected chi connectivity index (χ4v) is 4.54. The number of ether oxygens (including phenoxy) is 2. The molecule has 0 bridgehead atoms.